The van der Waals surface area contributed by atoms with E-state index in [2.05, 4.69) is 30.3 Å². The van der Waals surface area contributed by atoms with Crippen molar-refractivity contribution in [3.05, 3.63) is 53.6 Å². The lowest BCUT2D eigenvalue weighted by molar-refractivity contribution is 1.46. The number of nitrogens with zero attached hydrogens (tertiary/aromatic N) is 1. The van der Waals surface area contributed by atoms with Crippen LogP contribution in [-0.4, -0.2) is 0 Å². The molecule has 0 bridgehead atoms. The molecule has 0 aromatic heterocycles. The van der Waals surface area contributed by atoms with E-state index in [-0.39, 0.29) is 0 Å². The van der Waals surface area contributed by atoms with E-state index in [0.29, 0.717) is 11.3 Å². The first-order chi connectivity index (χ1) is 8.72. The zero-order chi connectivity index (χ0) is 12.7. The van der Waals surface area contributed by atoms with Crippen LogP contribution in [0.25, 0.3) is 21.5 Å². The largest absolute Gasteiger partial charge is 0.397 e. The van der Waals surface area contributed by atoms with E-state index in [0.717, 1.165) is 27.1 Å². The molecule has 0 amide bonds. The number of nitrogen functional groups attached to an aromatic ring is 1. The maximum Gasteiger partial charge on any atom is 0.101 e. The average Bonchev–Trinajstić information content (AvgIpc) is 2.41. The molecule has 0 saturated carbocycles. The second-order valence-corrected chi connectivity index (χ2v) is 4.48. The van der Waals surface area contributed by atoms with Crippen LogP contribution in [0.3, 0.4) is 0 Å². The Morgan fingerprint density at radius 1 is 1.06 bits per heavy atom. The van der Waals surface area contributed by atoms with Gasteiger partial charge in [0.2, 0.25) is 0 Å². The minimum Gasteiger partial charge on any atom is -0.397 e. The quantitative estimate of drug-likeness (QED) is 0.474. The van der Waals surface area contributed by atoms with Crippen LogP contribution in [0, 0.1) is 18.3 Å². The fourth-order valence-corrected chi connectivity index (χ4v) is 2.49. The van der Waals surface area contributed by atoms with E-state index in [4.69, 9.17) is 11.0 Å². The molecule has 0 radical (unpaired) electrons. The Kier molecular flexibility index (Phi) is 2.21. The summed E-state index contributed by atoms with van der Waals surface area (Å²) in [7, 11) is 0. The summed E-state index contributed by atoms with van der Waals surface area (Å²) in [5.41, 5.74) is 8.36. The maximum atomic E-state index is 9.14. The Bertz CT molecular complexity index is 811. The van der Waals surface area contributed by atoms with Crippen LogP contribution in [0.15, 0.2) is 42.5 Å². The van der Waals surface area contributed by atoms with Crippen molar-refractivity contribution in [2.24, 2.45) is 0 Å². The van der Waals surface area contributed by atoms with Crippen molar-refractivity contribution in [2.45, 2.75) is 6.92 Å². The third-order valence-electron chi connectivity index (χ3n) is 3.39. The number of fused-ring (bicyclic) bond motifs is 3. The van der Waals surface area contributed by atoms with Gasteiger partial charge in [-0.1, -0.05) is 36.4 Å². The van der Waals surface area contributed by atoms with E-state index in [1.54, 1.807) is 0 Å². The van der Waals surface area contributed by atoms with Gasteiger partial charge in [0.05, 0.1) is 11.3 Å². The molecule has 0 spiro atoms. The summed E-state index contributed by atoms with van der Waals surface area (Å²) < 4.78 is 0. The number of hydrogen-bond donors (Lipinski definition) is 1. The molecule has 0 unspecified atom stereocenters. The minimum atomic E-state index is 0.552. The lowest BCUT2D eigenvalue weighted by Crippen LogP contribution is -1.95. The fourth-order valence-electron chi connectivity index (χ4n) is 2.49. The van der Waals surface area contributed by atoms with Crippen LogP contribution >= 0.6 is 0 Å². The number of nitriles is 1. The molecule has 2 heteroatoms. The van der Waals surface area contributed by atoms with E-state index in [9.17, 15) is 0 Å². The summed E-state index contributed by atoms with van der Waals surface area (Å²) >= 11 is 0. The zero-order valence-corrected chi connectivity index (χ0v) is 10.1. The van der Waals surface area contributed by atoms with Crippen molar-refractivity contribution in [1.82, 2.24) is 0 Å². The first-order valence-corrected chi connectivity index (χ1v) is 5.83. The highest BCUT2D eigenvalue weighted by Gasteiger charge is 2.10. The van der Waals surface area contributed by atoms with Crippen LogP contribution in [0.1, 0.15) is 11.1 Å². The number of aryl methyl sites for hydroxylation is 1. The van der Waals surface area contributed by atoms with Gasteiger partial charge in [-0.3, -0.25) is 0 Å². The first-order valence-electron chi connectivity index (χ1n) is 5.83. The topological polar surface area (TPSA) is 49.8 Å². The van der Waals surface area contributed by atoms with E-state index >= 15 is 0 Å². The normalized spacial score (nSPS) is 10.7. The Hall–Kier alpha value is -2.53. The Balaban J connectivity index is 2.65. The molecule has 0 saturated heterocycles. The Morgan fingerprint density at radius 2 is 1.83 bits per heavy atom. The smallest absolute Gasteiger partial charge is 0.101 e. The van der Waals surface area contributed by atoms with Crippen LogP contribution in [0.2, 0.25) is 0 Å². The summed E-state index contributed by atoms with van der Waals surface area (Å²) in [5.74, 6) is 0. The Morgan fingerprint density at radius 3 is 2.61 bits per heavy atom. The average molecular weight is 232 g/mol. The molecular weight excluding hydrogens is 220 g/mol. The van der Waals surface area contributed by atoms with Crippen molar-refractivity contribution in [3.63, 3.8) is 0 Å². The number of hydrogen-bond acceptors (Lipinski definition) is 2. The first kappa shape index (κ1) is 10.6. The van der Waals surface area contributed by atoms with Gasteiger partial charge in [-0.25, -0.2) is 0 Å². The van der Waals surface area contributed by atoms with Gasteiger partial charge in [0.15, 0.2) is 0 Å². The lowest BCUT2D eigenvalue weighted by Gasteiger charge is -2.10. The predicted molar refractivity (Wildman–Crippen MR) is 75.3 cm³/mol. The third kappa shape index (κ3) is 1.34. The SMILES string of the molecule is Cc1cc(C#N)c(N)c2c1ccc1ccccc12. The summed E-state index contributed by atoms with van der Waals surface area (Å²) in [6, 6.07) is 16.3. The molecule has 0 heterocycles. The van der Waals surface area contributed by atoms with Gasteiger partial charge in [0.25, 0.3) is 0 Å². The standard InChI is InChI=1S/C16H12N2/c1-10-8-12(9-17)16(18)15-13(10)7-6-11-4-2-3-5-14(11)15/h2-8H,18H2,1H3. The van der Waals surface area contributed by atoms with Gasteiger partial charge in [-0.05, 0) is 34.7 Å². The number of rotatable bonds is 0. The molecular formula is C16H12N2. The van der Waals surface area contributed by atoms with E-state index in [1.165, 1.54) is 0 Å². The minimum absolute atomic E-state index is 0.552. The fraction of sp³-hybridized carbons (Fsp3) is 0.0625. The molecule has 2 nitrogen and oxygen atoms in total. The summed E-state index contributed by atoms with van der Waals surface area (Å²) in [5, 5.41) is 13.5. The monoisotopic (exact) mass is 232 g/mol. The summed E-state index contributed by atoms with van der Waals surface area (Å²) in [6.07, 6.45) is 0. The van der Waals surface area contributed by atoms with Gasteiger partial charge in [0, 0.05) is 5.39 Å². The van der Waals surface area contributed by atoms with Crippen molar-refractivity contribution < 1.29 is 0 Å². The molecule has 0 fully saturated rings. The second kappa shape index (κ2) is 3.75. The van der Waals surface area contributed by atoms with E-state index in [1.807, 2.05) is 25.1 Å². The van der Waals surface area contributed by atoms with Crippen molar-refractivity contribution >= 4 is 27.2 Å². The van der Waals surface area contributed by atoms with Crippen molar-refractivity contribution in [2.75, 3.05) is 5.73 Å². The Labute approximate surface area is 105 Å². The summed E-state index contributed by atoms with van der Waals surface area (Å²) in [6.45, 7) is 2.01. The molecule has 0 aliphatic rings. The molecule has 18 heavy (non-hydrogen) atoms. The lowest BCUT2D eigenvalue weighted by atomic mass is 9.95. The predicted octanol–water partition coefficient (Wildman–Crippen LogP) is 3.76. The van der Waals surface area contributed by atoms with Crippen LogP contribution < -0.4 is 5.73 Å². The van der Waals surface area contributed by atoms with Gasteiger partial charge >= 0.3 is 0 Å². The van der Waals surface area contributed by atoms with Crippen LogP contribution in [0.4, 0.5) is 5.69 Å². The maximum absolute atomic E-state index is 9.14. The highest BCUT2D eigenvalue weighted by atomic mass is 14.6. The van der Waals surface area contributed by atoms with Crippen molar-refractivity contribution in [1.29, 1.82) is 5.26 Å². The van der Waals surface area contributed by atoms with E-state index < -0.39 is 0 Å². The number of nitrogens with two attached hydrogens (primary N) is 1. The molecule has 0 atom stereocenters. The molecule has 86 valence electrons. The van der Waals surface area contributed by atoms with Gasteiger partial charge in [-0.2, -0.15) is 5.26 Å². The van der Waals surface area contributed by atoms with Gasteiger partial charge in [0.1, 0.15) is 6.07 Å². The highest BCUT2D eigenvalue weighted by molar-refractivity contribution is 6.14. The molecule has 3 aromatic carbocycles. The van der Waals surface area contributed by atoms with Crippen molar-refractivity contribution in [3.8, 4) is 6.07 Å². The number of anilines is 1. The van der Waals surface area contributed by atoms with Crippen LogP contribution in [0.5, 0.6) is 0 Å². The molecule has 3 aromatic rings. The molecule has 3 rings (SSSR count). The summed E-state index contributed by atoms with van der Waals surface area (Å²) in [4.78, 5) is 0. The zero-order valence-electron chi connectivity index (χ0n) is 10.1. The van der Waals surface area contributed by atoms with Gasteiger partial charge < -0.3 is 5.73 Å². The second-order valence-electron chi connectivity index (χ2n) is 4.48. The molecule has 0 aliphatic heterocycles. The van der Waals surface area contributed by atoms with Crippen LogP contribution in [-0.2, 0) is 0 Å². The highest BCUT2D eigenvalue weighted by Crippen LogP contribution is 2.33. The molecule has 2 N–H and O–H groups in total. The third-order valence-corrected chi connectivity index (χ3v) is 3.39. The molecule has 0 aliphatic carbocycles. The number of benzene rings is 3. The van der Waals surface area contributed by atoms with Gasteiger partial charge in [-0.15, -0.1) is 0 Å².